The molecule has 2 fully saturated rings. The molecule has 136 valence electrons. The van der Waals surface area contributed by atoms with Gasteiger partial charge in [-0.2, -0.15) is 0 Å². The van der Waals surface area contributed by atoms with E-state index in [2.05, 4.69) is 31.6 Å². The number of rotatable bonds is 5. The first-order valence-corrected chi connectivity index (χ1v) is 10.4. The number of H-pyrrole nitrogens is 1. The summed E-state index contributed by atoms with van der Waals surface area (Å²) in [5, 5.41) is 0.674. The zero-order chi connectivity index (χ0) is 17.8. The van der Waals surface area contributed by atoms with Gasteiger partial charge in [0.05, 0.1) is 10.6 Å². The lowest BCUT2D eigenvalue weighted by atomic mass is 9.52. The van der Waals surface area contributed by atoms with E-state index in [-0.39, 0.29) is 11.3 Å². The third kappa shape index (κ3) is 2.81. The Morgan fingerprint density at radius 2 is 2.00 bits per heavy atom. The topological polar surface area (TPSA) is 91.0 Å². The number of anilines is 1. The van der Waals surface area contributed by atoms with Crippen LogP contribution in [0.15, 0.2) is 18.6 Å². The predicted molar refractivity (Wildman–Crippen MR) is 98.0 cm³/mol. The second-order valence-corrected chi connectivity index (χ2v) is 10.2. The molecule has 2 N–H and O–H groups in total. The Morgan fingerprint density at radius 3 is 2.68 bits per heavy atom. The SMILES string of the molecule is CC(C)S(=O)(=O)NC1CC2(C1)CC(N(C)c1ncnc3[nH]ccc13)C2. The van der Waals surface area contributed by atoms with Gasteiger partial charge in [-0.1, -0.05) is 0 Å². The largest absolute Gasteiger partial charge is 0.356 e. The van der Waals surface area contributed by atoms with Crippen LogP contribution in [0.4, 0.5) is 5.82 Å². The molecule has 0 amide bonds. The summed E-state index contributed by atoms with van der Waals surface area (Å²) in [6.45, 7) is 3.43. The van der Waals surface area contributed by atoms with Gasteiger partial charge >= 0.3 is 0 Å². The van der Waals surface area contributed by atoms with Crippen LogP contribution in [0.3, 0.4) is 0 Å². The van der Waals surface area contributed by atoms with Crippen LogP contribution in [0.2, 0.25) is 0 Å². The van der Waals surface area contributed by atoms with Gasteiger partial charge < -0.3 is 9.88 Å². The van der Waals surface area contributed by atoms with Gasteiger partial charge in [-0.15, -0.1) is 0 Å². The number of fused-ring (bicyclic) bond motifs is 1. The molecule has 0 bridgehead atoms. The summed E-state index contributed by atoms with van der Waals surface area (Å²) in [4.78, 5) is 14.1. The van der Waals surface area contributed by atoms with Crippen molar-refractivity contribution in [3.05, 3.63) is 18.6 Å². The second-order valence-electron chi connectivity index (χ2n) is 7.93. The maximum absolute atomic E-state index is 12.0. The maximum Gasteiger partial charge on any atom is 0.214 e. The lowest BCUT2D eigenvalue weighted by Gasteiger charge is -2.59. The number of aromatic nitrogens is 3. The molecule has 4 rings (SSSR count). The Labute approximate surface area is 148 Å². The Kier molecular flexibility index (Phi) is 3.81. The van der Waals surface area contributed by atoms with Crippen LogP contribution in [0.5, 0.6) is 0 Å². The van der Waals surface area contributed by atoms with E-state index in [1.807, 2.05) is 12.3 Å². The smallest absolute Gasteiger partial charge is 0.214 e. The Hall–Kier alpha value is -1.67. The minimum absolute atomic E-state index is 0.106. The molecule has 2 heterocycles. The molecule has 2 saturated carbocycles. The highest BCUT2D eigenvalue weighted by molar-refractivity contribution is 7.90. The van der Waals surface area contributed by atoms with Gasteiger partial charge in [-0.25, -0.2) is 23.1 Å². The second kappa shape index (κ2) is 5.67. The van der Waals surface area contributed by atoms with Crippen LogP contribution < -0.4 is 9.62 Å². The summed E-state index contributed by atoms with van der Waals surface area (Å²) in [7, 11) is -1.08. The number of nitrogens with zero attached hydrogens (tertiary/aromatic N) is 3. The van der Waals surface area contributed by atoms with Crippen molar-refractivity contribution in [2.45, 2.75) is 56.9 Å². The van der Waals surface area contributed by atoms with Crippen molar-refractivity contribution in [1.29, 1.82) is 0 Å². The molecule has 1 spiro atoms. The molecule has 2 aromatic rings. The number of hydrogen-bond acceptors (Lipinski definition) is 5. The highest BCUT2D eigenvalue weighted by Crippen LogP contribution is 2.57. The highest BCUT2D eigenvalue weighted by Gasteiger charge is 2.54. The summed E-state index contributed by atoms with van der Waals surface area (Å²) in [5.74, 6) is 0.961. The van der Waals surface area contributed by atoms with Crippen molar-refractivity contribution < 1.29 is 8.42 Å². The molecule has 2 aliphatic carbocycles. The van der Waals surface area contributed by atoms with E-state index in [0.29, 0.717) is 11.5 Å². The standard InChI is InChI=1S/C17H25N5O2S/c1-11(2)25(23,24)21-12-6-17(7-12)8-13(9-17)22(3)16-14-4-5-18-15(14)19-10-20-16/h4-5,10-13,21H,6-9H2,1-3H3,(H,18,19,20). The molecule has 0 aliphatic heterocycles. The first-order valence-electron chi connectivity index (χ1n) is 8.82. The van der Waals surface area contributed by atoms with Gasteiger partial charge in [0.25, 0.3) is 0 Å². The first-order chi connectivity index (χ1) is 11.8. The average Bonchev–Trinajstić information content (AvgIpc) is 2.95. The van der Waals surface area contributed by atoms with E-state index >= 15 is 0 Å². The van der Waals surface area contributed by atoms with Gasteiger partial charge in [0, 0.05) is 25.3 Å². The predicted octanol–water partition coefficient (Wildman–Crippen LogP) is 2.03. The fourth-order valence-corrected chi connectivity index (χ4v) is 5.20. The molecule has 2 aliphatic rings. The normalized spacial score (nSPS) is 29.0. The average molecular weight is 363 g/mol. The molecule has 0 atom stereocenters. The summed E-state index contributed by atoms with van der Waals surface area (Å²) >= 11 is 0. The van der Waals surface area contributed by atoms with Gasteiger partial charge in [-0.05, 0) is 51.0 Å². The van der Waals surface area contributed by atoms with Crippen molar-refractivity contribution in [2.24, 2.45) is 5.41 Å². The van der Waals surface area contributed by atoms with Crippen molar-refractivity contribution in [2.75, 3.05) is 11.9 Å². The van der Waals surface area contributed by atoms with Gasteiger partial charge in [-0.3, -0.25) is 0 Å². The van der Waals surface area contributed by atoms with E-state index in [1.165, 1.54) is 0 Å². The quantitative estimate of drug-likeness (QED) is 0.848. The zero-order valence-electron chi connectivity index (χ0n) is 14.9. The van der Waals surface area contributed by atoms with Crippen LogP contribution in [0.25, 0.3) is 11.0 Å². The van der Waals surface area contributed by atoms with Gasteiger partial charge in [0.1, 0.15) is 17.8 Å². The maximum atomic E-state index is 12.0. The molecule has 0 unspecified atom stereocenters. The van der Waals surface area contributed by atoms with Crippen molar-refractivity contribution in [3.63, 3.8) is 0 Å². The molecular formula is C17H25N5O2S. The van der Waals surface area contributed by atoms with Crippen LogP contribution in [-0.2, 0) is 10.0 Å². The Bertz CT molecular complexity index is 877. The van der Waals surface area contributed by atoms with E-state index in [4.69, 9.17) is 0 Å². The Balaban J connectivity index is 1.36. The fraction of sp³-hybridized carbons (Fsp3) is 0.647. The van der Waals surface area contributed by atoms with Gasteiger partial charge in [0.15, 0.2) is 0 Å². The van der Waals surface area contributed by atoms with E-state index in [1.54, 1.807) is 20.2 Å². The summed E-state index contributed by atoms with van der Waals surface area (Å²) in [6.07, 6.45) is 7.58. The highest BCUT2D eigenvalue weighted by atomic mass is 32.2. The fourth-order valence-electron chi connectivity index (χ4n) is 4.30. The lowest BCUT2D eigenvalue weighted by Crippen LogP contribution is -2.61. The van der Waals surface area contributed by atoms with Crippen molar-refractivity contribution >= 4 is 26.9 Å². The molecule has 8 heteroatoms. The Morgan fingerprint density at radius 1 is 1.28 bits per heavy atom. The lowest BCUT2D eigenvalue weighted by molar-refractivity contribution is -0.0121. The zero-order valence-corrected chi connectivity index (χ0v) is 15.7. The molecule has 2 aromatic heterocycles. The van der Waals surface area contributed by atoms with Crippen LogP contribution in [0.1, 0.15) is 39.5 Å². The monoisotopic (exact) mass is 363 g/mol. The molecule has 0 aromatic carbocycles. The minimum Gasteiger partial charge on any atom is -0.356 e. The van der Waals surface area contributed by atoms with Crippen molar-refractivity contribution in [3.8, 4) is 0 Å². The van der Waals surface area contributed by atoms with Crippen molar-refractivity contribution in [1.82, 2.24) is 19.7 Å². The summed E-state index contributed by atoms with van der Waals surface area (Å²) in [5.41, 5.74) is 1.17. The van der Waals surface area contributed by atoms with E-state index < -0.39 is 10.0 Å². The van der Waals surface area contributed by atoms with Gasteiger partial charge in [0.2, 0.25) is 10.0 Å². The number of nitrogens with one attached hydrogen (secondary N) is 2. The molecule has 7 nitrogen and oxygen atoms in total. The van der Waals surface area contributed by atoms with E-state index in [9.17, 15) is 8.42 Å². The molecule has 25 heavy (non-hydrogen) atoms. The summed E-state index contributed by atoms with van der Waals surface area (Å²) in [6, 6.07) is 2.57. The number of hydrogen-bond donors (Lipinski definition) is 2. The molecule has 0 saturated heterocycles. The number of sulfonamides is 1. The third-order valence-electron chi connectivity index (χ3n) is 5.86. The summed E-state index contributed by atoms with van der Waals surface area (Å²) < 4.78 is 26.8. The van der Waals surface area contributed by atoms with Crippen LogP contribution in [-0.4, -0.2) is 47.8 Å². The number of aromatic amines is 1. The van der Waals surface area contributed by atoms with Crippen LogP contribution >= 0.6 is 0 Å². The van der Waals surface area contributed by atoms with E-state index in [0.717, 1.165) is 42.5 Å². The molecular weight excluding hydrogens is 338 g/mol. The van der Waals surface area contributed by atoms with Crippen LogP contribution in [0, 0.1) is 5.41 Å². The third-order valence-corrected chi connectivity index (χ3v) is 7.77. The molecule has 0 radical (unpaired) electrons. The first kappa shape index (κ1) is 16.8. The minimum atomic E-state index is -3.16.